The molecule has 0 unspecified atom stereocenters. The van der Waals surface area contributed by atoms with E-state index in [1.165, 1.54) is 0 Å². The standard InChI is InChI=1S/C46H45N3O7Si/c1-29-43(57(2,3)54)41(25-42(51)47-27-32-15-5-4-14-31(32)24-34(47)28-50)56-46(29)36-18-7-8-19-37(36)48(45(46)53)26-30-13-12-16-33(23-30)49-38-20-9-11-22-40(38)55-39-21-10-6-17-35(39)44(49)52/h4-23,29,34,41,43,50,54H,24-28H2,1-3H3/t29-,34-,41+,43-,46+/m0/s1. The zero-order valence-electron chi connectivity index (χ0n) is 32.2. The summed E-state index contributed by atoms with van der Waals surface area (Å²) in [6.07, 6.45) is -0.201. The van der Waals surface area contributed by atoms with E-state index in [0.717, 1.165) is 16.7 Å². The minimum atomic E-state index is -3.05. The van der Waals surface area contributed by atoms with Crippen LogP contribution in [0.1, 0.15) is 46.0 Å². The van der Waals surface area contributed by atoms with Crippen LogP contribution in [0.2, 0.25) is 18.6 Å². The summed E-state index contributed by atoms with van der Waals surface area (Å²) in [7, 11) is -3.05. The van der Waals surface area contributed by atoms with Crippen LogP contribution in [0.25, 0.3) is 0 Å². The van der Waals surface area contributed by atoms with Crippen LogP contribution >= 0.6 is 0 Å². The number of nitrogens with zero attached hydrogens (tertiary/aromatic N) is 3. The maximum atomic E-state index is 15.2. The summed E-state index contributed by atoms with van der Waals surface area (Å²) in [6.45, 7) is 6.06. The predicted octanol–water partition coefficient (Wildman–Crippen LogP) is 7.45. The molecule has 0 bridgehead atoms. The van der Waals surface area contributed by atoms with E-state index in [4.69, 9.17) is 9.47 Å². The average Bonchev–Trinajstić information content (AvgIpc) is 3.58. The Morgan fingerprint density at radius 2 is 1.53 bits per heavy atom. The second kappa shape index (κ2) is 14.1. The monoisotopic (exact) mass is 779 g/mol. The number of fused-ring (bicyclic) bond motifs is 5. The zero-order chi connectivity index (χ0) is 39.6. The third-order valence-corrected chi connectivity index (χ3v) is 14.8. The van der Waals surface area contributed by atoms with Gasteiger partial charge in [-0.15, -0.1) is 0 Å². The Bertz CT molecular complexity index is 2410. The lowest BCUT2D eigenvalue weighted by molar-refractivity contribution is -0.151. The van der Waals surface area contributed by atoms with E-state index in [9.17, 15) is 19.5 Å². The molecule has 0 saturated carbocycles. The smallest absolute Gasteiger partial charge is 0.266 e. The highest BCUT2D eigenvalue weighted by atomic mass is 28.4. The number of rotatable bonds is 7. The van der Waals surface area contributed by atoms with Gasteiger partial charge in [-0.1, -0.05) is 85.8 Å². The van der Waals surface area contributed by atoms with Crippen molar-refractivity contribution < 1.29 is 33.8 Å². The first-order chi connectivity index (χ1) is 27.5. The van der Waals surface area contributed by atoms with Gasteiger partial charge in [0.05, 0.1) is 48.7 Å². The molecule has 290 valence electrons. The van der Waals surface area contributed by atoms with Crippen molar-refractivity contribution >= 4 is 43.1 Å². The number of amides is 3. The average molecular weight is 780 g/mol. The number of carbonyl (C=O) groups is 3. The summed E-state index contributed by atoms with van der Waals surface area (Å²) >= 11 is 0. The Morgan fingerprint density at radius 3 is 2.30 bits per heavy atom. The first-order valence-corrected chi connectivity index (χ1v) is 22.6. The van der Waals surface area contributed by atoms with Gasteiger partial charge in [0.2, 0.25) is 5.91 Å². The summed E-state index contributed by atoms with van der Waals surface area (Å²) < 4.78 is 13.2. The Labute approximate surface area is 333 Å². The summed E-state index contributed by atoms with van der Waals surface area (Å²) in [4.78, 5) is 60.5. The molecule has 0 radical (unpaired) electrons. The maximum absolute atomic E-state index is 15.2. The van der Waals surface area contributed by atoms with Gasteiger partial charge in [-0.05, 0) is 78.7 Å². The van der Waals surface area contributed by atoms with Crippen LogP contribution in [-0.4, -0.2) is 59.6 Å². The molecule has 1 spiro atoms. The van der Waals surface area contributed by atoms with Crippen LogP contribution in [0.4, 0.5) is 17.1 Å². The minimum absolute atomic E-state index is 0.0257. The fourth-order valence-electron chi connectivity index (χ4n) is 9.76. The molecule has 10 nitrogen and oxygen atoms in total. The molecule has 4 heterocycles. The lowest BCUT2D eigenvalue weighted by Crippen LogP contribution is -2.48. The molecule has 5 aromatic rings. The summed E-state index contributed by atoms with van der Waals surface area (Å²) in [5.41, 5.74) is 4.17. The molecule has 11 heteroatoms. The molecule has 4 aliphatic rings. The van der Waals surface area contributed by atoms with Gasteiger partial charge in [0.15, 0.2) is 19.7 Å². The number of hydrogen-bond acceptors (Lipinski definition) is 7. The van der Waals surface area contributed by atoms with Crippen molar-refractivity contribution in [1.82, 2.24) is 4.90 Å². The number of ether oxygens (including phenoxy) is 2. The SMILES string of the molecule is C[C@H]1[C@H]([Si](C)(C)O)[C@@H](CC(=O)N2Cc3ccccc3C[C@H]2CO)O[C@]12C(=O)N(Cc1cccc(N3C(=O)c4ccccc4Oc4ccccc43)c1)c1ccccc12. The largest absolute Gasteiger partial charge is 0.454 e. The van der Waals surface area contributed by atoms with Gasteiger partial charge >= 0.3 is 0 Å². The molecule has 5 atom stereocenters. The zero-order valence-corrected chi connectivity index (χ0v) is 33.2. The Balaban J connectivity index is 1.04. The van der Waals surface area contributed by atoms with Crippen LogP contribution in [0.5, 0.6) is 11.5 Å². The van der Waals surface area contributed by atoms with Gasteiger partial charge < -0.3 is 29.2 Å². The number of aliphatic hydroxyl groups is 1. The molecule has 4 aliphatic heterocycles. The van der Waals surface area contributed by atoms with Gasteiger partial charge in [0.25, 0.3) is 11.8 Å². The van der Waals surface area contributed by atoms with Crippen molar-refractivity contribution in [3.63, 3.8) is 0 Å². The molecule has 0 aromatic heterocycles. The number of anilines is 3. The molecule has 1 saturated heterocycles. The van der Waals surface area contributed by atoms with E-state index in [-0.39, 0.29) is 43.3 Å². The molecular formula is C46H45N3O7Si. The predicted molar refractivity (Wildman–Crippen MR) is 219 cm³/mol. The van der Waals surface area contributed by atoms with Crippen LogP contribution in [0.15, 0.2) is 121 Å². The van der Waals surface area contributed by atoms with Crippen molar-refractivity contribution in [2.24, 2.45) is 5.92 Å². The quantitative estimate of drug-likeness (QED) is 0.165. The fourth-order valence-corrected chi connectivity index (χ4v) is 12.3. The Morgan fingerprint density at radius 1 is 0.842 bits per heavy atom. The van der Waals surface area contributed by atoms with Gasteiger partial charge in [-0.3, -0.25) is 19.3 Å². The van der Waals surface area contributed by atoms with Crippen LogP contribution in [0, 0.1) is 5.92 Å². The molecule has 3 amide bonds. The second-order valence-electron chi connectivity index (χ2n) is 16.2. The minimum Gasteiger partial charge on any atom is -0.454 e. The van der Waals surface area contributed by atoms with Crippen molar-refractivity contribution in [3.8, 4) is 11.5 Å². The Hall–Kier alpha value is -5.59. The van der Waals surface area contributed by atoms with Gasteiger partial charge in [-0.25, -0.2) is 0 Å². The second-order valence-corrected chi connectivity index (χ2v) is 20.2. The first-order valence-electron chi connectivity index (χ1n) is 19.6. The maximum Gasteiger partial charge on any atom is 0.266 e. The number of benzene rings is 5. The number of para-hydroxylation sites is 4. The molecule has 2 N–H and O–H groups in total. The summed E-state index contributed by atoms with van der Waals surface area (Å²) in [5.74, 6) is -0.0812. The van der Waals surface area contributed by atoms with Gasteiger partial charge in [-0.2, -0.15) is 0 Å². The van der Waals surface area contributed by atoms with Crippen LogP contribution in [-0.2, 0) is 39.4 Å². The molecule has 5 aromatic carbocycles. The summed E-state index contributed by atoms with van der Waals surface area (Å²) in [5, 5.41) is 10.3. The van der Waals surface area contributed by atoms with Crippen LogP contribution in [0.3, 0.4) is 0 Å². The molecule has 57 heavy (non-hydrogen) atoms. The number of hydrogen-bond donors (Lipinski definition) is 2. The lowest BCUT2D eigenvalue weighted by Gasteiger charge is -2.37. The highest BCUT2D eigenvalue weighted by Crippen LogP contribution is 2.60. The van der Waals surface area contributed by atoms with Crippen LogP contribution < -0.4 is 14.5 Å². The highest BCUT2D eigenvalue weighted by molar-refractivity contribution is 6.71. The topological polar surface area (TPSA) is 120 Å². The lowest BCUT2D eigenvalue weighted by atomic mass is 9.82. The van der Waals surface area contributed by atoms with Gasteiger partial charge in [0, 0.05) is 29.3 Å². The number of carbonyl (C=O) groups excluding carboxylic acids is 3. The molecule has 9 rings (SSSR count). The van der Waals surface area contributed by atoms with Crippen molar-refractivity contribution in [1.29, 1.82) is 0 Å². The third-order valence-electron chi connectivity index (χ3n) is 12.3. The van der Waals surface area contributed by atoms with E-state index >= 15 is 4.79 Å². The summed E-state index contributed by atoms with van der Waals surface area (Å²) in [6, 6.07) is 37.4. The first kappa shape index (κ1) is 37.0. The molecular weight excluding hydrogens is 735 g/mol. The van der Waals surface area contributed by atoms with Crippen molar-refractivity contribution in [2.45, 2.75) is 69.2 Å². The molecule has 1 fully saturated rings. The van der Waals surface area contributed by atoms with E-state index in [1.807, 2.05) is 129 Å². The van der Waals surface area contributed by atoms with E-state index in [1.54, 1.807) is 26.8 Å². The number of aliphatic hydroxyl groups excluding tert-OH is 1. The van der Waals surface area contributed by atoms with Crippen molar-refractivity contribution in [3.05, 3.63) is 149 Å². The normalized spacial score (nSPS) is 23.8. The Kier molecular flexibility index (Phi) is 9.16. The van der Waals surface area contributed by atoms with Crippen molar-refractivity contribution in [2.75, 3.05) is 16.4 Å². The van der Waals surface area contributed by atoms with E-state index < -0.39 is 31.5 Å². The molecule has 0 aliphatic carbocycles. The van der Waals surface area contributed by atoms with E-state index in [2.05, 4.69) is 0 Å². The highest BCUT2D eigenvalue weighted by Gasteiger charge is 2.66. The van der Waals surface area contributed by atoms with E-state index in [0.29, 0.717) is 52.7 Å². The third kappa shape index (κ3) is 6.08. The van der Waals surface area contributed by atoms with Gasteiger partial charge in [0.1, 0.15) is 5.75 Å². The fraction of sp³-hybridized carbons (Fsp3) is 0.283.